The Balaban J connectivity index is 2.06. The van der Waals surface area contributed by atoms with Gasteiger partial charge in [-0.1, -0.05) is 0 Å². The minimum atomic E-state index is -0.484. The van der Waals surface area contributed by atoms with Gasteiger partial charge in [-0.2, -0.15) is 0 Å². The van der Waals surface area contributed by atoms with Crippen molar-refractivity contribution in [2.45, 2.75) is 18.9 Å². The standard InChI is InChI=1S/C13H18N2O4/c16-7-6-15(8-11-2-1-5-14-11)13(18)10-3-4-12(17)19-9-10/h3-4,9,11,14,16H,1-2,5-8H2. The summed E-state index contributed by atoms with van der Waals surface area (Å²) < 4.78 is 4.70. The molecule has 19 heavy (non-hydrogen) atoms. The summed E-state index contributed by atoms with van der Waals surface area (Å²) in [5.41, 5.74) is -0.159. The fourth-order valence-electron chi connectivity index (χ4n) is 2.24. The average molecular weight is 266 g/mol. The van der Waals surface area contributed by atoms with Crippen LogP contribution in [0.25, 0.3) is 0 Å². The van der Waals surface area contributed by atoms with Crippen molar-refractivity contribution in [1.29, 1.82) is 0 Å². The van der Waals surface area contributed by atoms with Crippen molar-refractivity contribution < 1.29 is 14.3 Å². The summed E-state index contributed by atoms with van der Waals surface area (Å²) >= 11 is 0. The summed E-state index contributed by atoms with van der Waals surface area (Å²) in [6.07, 6.45) is 3.29. The van der Waals surface area contributed by atoms with Crippen molar-refractivity contribution in [2.75, 3.05) is 26.2 Å². The molecule has 2 heterocycles. The van der Waals surface area contributed by atoms with Gasteiger partial charge in [0.1, 0.15) is 6.26 Å². The molecular formula is C13H18N2O4. The molecule has 1 saturated heterocycles. The molecule has 6 nitrogen and oxygen atoms in total. The van der Waals surface area contributed by atoms with Crippen LogP contribution >= 0.6 is 0 Å². The van der Waals surface area contributed by atoms with E-state index < -0.39 is 5.63 Å². The lowest BCUT2D eigenvalue weighted by molar-refractivity contribution is 0.0704. The number of carbonyl (C=O) groups is 1. The molecule has 1 unspecified atom stereocenters. The van der Waals surface area contributed by atoms with Crippen LogP contribution in [0.15, 0.2) is 27.6 Å². The maximum Gasteiger partial charge on any atom is 0.335 e. The minimum Gasteiger partial charge on any atom is -0.430 e. The topological polar surface area (TPSA) is 82.8 Å². The summed E-state index contributed by atoms with van der Waals surface area (Å²) in [5.74, 6) is -0.230. The third-order valence-corrected chi connectivity index (χ3v) is 3.21. The van der Waals surface area contributed by atoms with E-state index in [1.165, 1.54) is 12.1 Å². The van der Waals surface area contributed by atoms with Gasteiger partial charge in [-0.3, -0.25) is 4.79 Å². The van der Waals surface area contributed by atoms with E-state index in [-0.39, 0.29) is 25.1 Å². The van der Waals surface area contributed by atoms with E-state index in [1.54, 1.807) is 4.90 Å². The first-order valence-corrected chi connectivity index (χ1v) is 6.43. The zero-order valence-electron chi connectivity index (χ0n) is 10.7. The lowest BCUT2D eigenvalue weighted by Crippen LogP contribution is -2.42. The third kappa shape index (κ3) is 3.65. The molecule has 6 heteroatoms. The van der Waals surface area contributed by atoms with E-state index in [0.29, 0.717) is 12.1 Å². The number of amides is 1. The maximum atomic E-state index is 12.3. The van der Waals surface area contributed by atoms with Crippen LogP contribution in [-0.4, -0.2) is 48.2 Å². The van der Waals surface area contributed by atoms with Crippen LogP contribution in [0, 0.1) is 0 Å². The Hall–Kier alpha value is -1.66. The van der Waals surface area contributed by atoms with Crippen molar-refractivity contribution in [3.63, 3.8) is 0 Å². The van der Waals surface area contributed by atoms with E-state index in [4.69, 9.17) is 9.52 Å². The van der Waals surface area contributed by atoms with Gasteiger partial charge in [-0.05, 0) is 25.5 Å². The van der Waals surface area contributed by atoms with E-state index in [1.807, 2.05) is 0 Å². The largest absolute Gasteiger partial charge is 0.430 e. The molecule has 1 aromatic rings. The molecule has 1 aliphatic rings. The Morgan fingerprint density at radius 3 is 2.95 bits per heavy atom. The number of rotatable bonds is 5. The molecule has 0 bridgehead atoms. The van der Waals surface area contributed by atoms with Crippen LogP contribution < -0.4 is 10.9 Å². The zero-order chi connectivity index (χ0) is 13.7. The van der Waals surface area contributed by atoms with Crippen LogP contribution in [0.4, 0.5) is 0 Å². The maximum absolute atomic E-state index is 12.3. The molecular weight excluding hydrogens is 248 g/mol. The highest BCUT2D eigenvalue weighted by molar-refractivity contribution is 5.93. The zero-order valence-corrected chi connectivity index (χ0v) is 10.7. The predicted octanol–water partition coefficient (Wildman–Crippen LogP) is -0.174. The second-order valence-corrected chi connectivity index (χ2v) is 4.61. The minimum absolute atomic E-state index is 0.0881. The van der Waals surface area contributed by atoms with Crippen LogP contribution in [-0.2, 0) is 0 Å². The first kappa shape index (κ1) is 13.8. The number of nitrogens with zero attached hydrogens (tertiary/aromatic N) is 1. The monoisotopic (exact) mass is 266 g/mol. The van der Waals surface area contributed by atoms with Gasteiger partial charge < -0.3 is 19.7 Å². The summed E-state index contributed by atoms with van der Waals surface area (Å²) in [6, 6.07) is 2.94. The van der Waals surface area contributed by atoms with E-state index in [0.717, 1.165) is 25.6 Å². The quantitative estimate of drug-likeness (QED) is 0.773. The lowest BCUT2D eigenvalue weighted by Gasteiger charge is -2.25. The highest BCUT2D eigenvalue weighted by Gasteiger charge is 2.22. The fraction of sp³-hybridized carbons (Fsp3) is 0.538. The molecule has 1 atom stereocenters. The van der Waals surface area contributed by atoms with E-state index in [9.17, 15) is 9.59 Å². The number of nitrogens with one attached hydrogen (secondary N) is 1. The normalized spacial score (nSPS) is 18.5. The van der Waals surface area contributed by atoms with Crippen LogP contribution in [0.5, 0.6) is 0 Å². The number of aliphatic hydroxyl groups excluding tert-OH is 1. The summed E-state index contributed by atoms with van der Waals surface area (Å²) in [6.45, 7) is 1.70. The van der Waals surface area contributed by atoms with Gasteiger partial charge in [0.2, 0.25) is 0 Å². The Morgan fingerprint density at radius 1 is 1.53 bits per heavy atom. The van der Waals surface area contributed by atoms with Gasteiger partial charge in [0, 0.05) is 25.2 Å². The van der Waals surface area contributed by atoms with E-state index >= 15 is 0 Å². The van der Waals surface area contributed by atoms with E-state index in [2.05, 4.69) is 5.32 Å². The molecule has 0 spiro atoms. The van der Waals surface area contributed by atoms with Gasteiger partial charge >= 0.3 is 5.63 Å². The smallest absolute Gasteiger partial charge is 0.335 e. The summed E-state index contributed by atoms with van der Waals surface area (Å²) in [4.78, 5) is 24.7. The summed E-state index contributed by atoms with van der Waals surface area (Å²) in [7, 11) is 0. The number of carbonyl (C=O) groups excluding carboxylic acids is 1. The average Bonchev–Trinajstić information content (AvgIpc) is 2.91. The first-order valence-electron chi connectivity index (χ1n) is 6.43. The van der Waals surface area contributed by atoms with Gasteiger partial charge in [-0.15, -0.1) is 0 Å². The lowest BCUT2D eigenvalue weighted by atomic mass is 10.2. The van der Waals surface area contributed by atoms with Crippen molar-refractivity contribution in [3.8, 4) is 0 Å². The highest BCUT2D eigenvalue weighted by atomic mass is 16.4. The first-order chi connectivity index (χ1) is 9.20. The number of hydrogen-bond donors (Lipinski definition) is 2. The molecule has 1 fully saturated rings. The molecule has 2 rings (SSSR count). The summed E-state index contributed by atoms with van der Waals surface area (Å²) in [5, 5.41) is 12.4. The molecule has 0 aliphatic carbocycles. The molecule has 0 radical (unpaired) electrons. The van der Waals surface area contributed by atoms with Crippen molar-refractivity contribution in [2.24, 2.45) is 0 Å². The van der Waals surface area contributed by atoms with Crippen LogP contribution in [0.3, 0.4) is 0 Å². The molecule has 104 valence electrons. The SMILES string of the molecule is O=C(c1ccc(=O)oc1)N(CCO)CC1CCCN1. The number of hydrogen-bond acceptors (Lipinski definition) is 5. The Bertz CT molecular complexity index is 459. The Morgan fingerprint density at radius 2 is 2.37 bits per heavy atom. The third-order valence-electron chi connectivity index (χ3n) is 3.21. The van der Waals surface area contributed by atoms with Crippen LogP contribution in [0.2, 0.25) is 0 Å². The second kappa shape index (κ2) is 6.49. The molecule has 0 aromatic carbocycles. The molecule has 0 saturated carbocycles. The van der Waals surface area contributed by atoms with Gasteiger partial charge in [-0.25, -0.2) is 4.79 Å². The van der Waals surface area contributed by atoms with Gasteiger partial charge in [0.05, 0.1) is 12.2 Å². The molecule has 1 amide bonds. The van der Waals surface area contributed by atoms with Crippen molar-refractivity contribution in [1.82, 2.24) is 10.2 Å². The molecule has 1 aliphatic heterocycles. The van der Waals surface area contributed by atoms with Crippen LogP contribution in [0.1, 0.15) is 23.2 Å². The van der Waals surface area contributed by atoms with Crippen molar-refractivity contribution in [3.05, 3.63) is 34.4 Å². The predicted molar refractivity (Wildman–Crippen MR) is 69.0 cm³/mol. The Kier molecular flexibility index (Phi) is 4.70. The fourth-order valence-corrected chi connectivity index (χ4v) is 2.24. The van der Waals surface area contributed by atoms with Gasteiger partial charge in [0.15, 0.2) is 0 Å². The second-order valence-electron chi connectivity index (χ2n) is 4.61. The van der Waals surface area contributed by atoms with Gasteiger partial charge in [0.25, 0.3) is 5.91 Å². The molecule has 2 N–H and O–H groups in total. The number of aliphatic hydroxyl groups is 1. The highest BCUT2D eigenvalue weighted by Crippen LogP contribution is 2.10. The Labute approximate surface area is 111 Å². The molecule has 1 aromatic heterocycles. The van der Waals surface area contributed by atoms with Crippen molar-refractivity contribution >= 4 is 5.91 Å².